The number of para-hydroxylation sites is 2. The van der Waals surface area contributed by atoms with Crippen LogP contribution < -0.4 is 19.5 Å². The summed E-state index contributed by atoms with van der Waals surface area (Å²) in [5.74, 6) is -0.344. The van der Waals surface area contributed by atoms with Crippen molar-refractivity contribution >= 4 is 22.9 Å². The third-order valence-corrected chi connectivity index (χ3v) is 9.58. The minimum atomic E-state index is -0.905. The Morgan fingerprint density at radius 1 is 0.941 bits per heavy atom. The SMILES string of the molecule is COc1cc(C(=O)N(C)CC(CCN2CCC(Nc3nc4ccccc4n3Cc3ccccn3)CC2)c2ccc(F)c(F)c2)cc(OC)c1OC. The smallest absolute Gasteiger partial charge is 0.253 e. The lowest BCUT2D eigenvalue weighted by Crippen LogP contribution is -2.40. The van der Waals surface area contributed by atoms with Crippen LogP contribution in [0.25, 0.3) is 11.0 Å². The van der Waals surface area contributed by atoms with E-state index in [0.717, 1.165) is 61.2 Å². The van der Waals surface area contributed by atoms with Gasteiger partial charge in [0, 0.05) is 50.4 Å². The zero-order chi connectivity index (χ0) is 35.9. The third-order valence-electron chi connectivity index (χ3n) is 9.58. The number of aromatic nitrogens is 3. The highest BCUT2D eigenvalue weighted by Crippen LogP contribution is 2.38. The van der Waals surface area contributed by atoms with Gasteiger partial charge in [-0.1, -0.05) is 24.3 Å². The second-order valence-electron chi connectivity index (χ2n) is 12.9. The maximum Gasteiger partial charge on any atom is 0.253 e. The standard InChI is InChI=1S/C39H44F2N6O4/c1-45(38(48)28-22-35(49-2)37(51-4)36(23-28)50-3)24-27(26-12-13-31(40)32(41)21-26)14-18-46-19-15-29(16-20-46)43-39-44-33-10-5-6-11-34(33)47(39)25-30-9-7-8-17-42-30/h5-13,17,21-23,27,29H,14-16,18-20,24-25H2,1-4H3,(H,43,44). The molecule has 5 aromatic rings. The number of anilines is 1. The summed E-state index contributed by atoms with van der Waals surface area (Å²) in [6.07, 6.45) is 4.29. The first-order valence-corrected chi connectivity index (χ1v) is 17.1. The summed E-state index contributed by atoms with van der Waals surface area (Å²) in [5, 5.41) is 3.71. The zero-order valence-corrected chi connectivity index (χ0v) is 29.4. The van der Waals surface area contributed by atoms with E-state index in [2.05, 4.69) is 25.8 Å². The molecule has 0 bridgehead atoms. The number of rotatable bonds is 14. The van der Waals surface area contributed by atoms with Crippen molar-refractivity contribution in [3.8, 4) is 17.2 Å². The van der Waals surface area contributed by atoms with Crippen molar-refractivity contribution in [1.29, 1.82) is 0 Å². The Morgan fingerprint density at radius 3 is 2.33 bits per heavy atom. The lowest BCUT2D eigenvalue weighted by atomic mass is 9.93. The first kappa shape index (κ1) is 35.6. The molecule has 1 N–H and O–H groups in total. The van der Waals surface area contributed by atoms with Gasteiger partial charge in [-0.2, -0.15) is 0 Å². The minimum Gasteiger partial charge on any atom is -0.493 e. The Kier molecular flexibility index (Phi) is 11.3. The number of likely N-dealkylation sites (N-methyl/N-ethyl adjacent to an activating group) is 1. The molecule has 1 unspecified atom stereocenters. The highest BCUT2D eigenvalue weighted by atomic mass is 19.2. The Bertz CT molecular complexity index is 1920. The van der Waals surface area contributed by atoms with Crippen LogP contribution in [-0.4, -0.2) is 90.8 Å². The number of benzene rings is 3. The molecule has 0 saturated carbocycles. The summed E-state index contributed by atoms with van der Waals surface area (Å²) in [7, 11) is 6.19. The average molecular weight is 699 g/mol. The largest absolute Gasteiger partial charge is 0.493 e. The van der Waals surface area contributed by atoms with Gasteiger partial charge in [-0.05, 0) is 79.9 Å². The van der Waals surface area contributed by atoms with Gasteiger partial charge in [0.25, 0.3) is 5.91 Å². The fraction of sp³-hybridized carbons (Fsp3) is 0.359. The van der Waals surface area contributed by atoms with E-state index < -0.39 is 11.6 Å². The Balaban J connectivity index is 1.11. The molecule has 0 spiro atoms. The van der Waals surface area contributed by atoms with Crippen molar-refractivity contribution in [2.45, 2.75) is 37.8 Å². The van der Waals surface area contributed by atoms with Gasteiger partial charge >= 0.3 is 0 Å². The van der Waals surface area contributed by atoms with Gasteiger partial charge < -0.3 is 33.9 Å². The molecule has 3 heterocycles. The molecular formula is C39H44F2N6O4. The molecule has 12 heteroatoms. The van der Waals surface area contributed by atoms with Crippen LogP contribution in [0.2, 0.25) is 0 Å². The van der Waals surface area contributed by atoms with Crippen LogP contribution in [0.1, 0.15) is 46.8 Å². The topological polar surface area (TPSA) is 94.0 Å². The van der Waals surface area contributed by atoms with Crippen molar-refractivity contribution in [1.82, 2.24) is 24.3 Å². The summed E-state index contributed by atoms with van der Waals surface area (Å²) in [6.45, 7) is 3.38. The quantitative estimate of drug-likeness (QED) is 0.139. The molecule has 3 aromatic carbocycles. The molecule has 1 saturated heterocycles. The number of amides is 1. The Morgan fingerprint density at radius 2 is 1.67 bits per heavy atom. The molecule has 2 aromatic heterocycles. The number of imidazole rings is 1. The molecular weight excluding hydrogens is 654 g/mol. The summed E-state index contributed by atoms with van der Waals surface area (Å²) in [5.41, 5.74) is 3.95. The molecule has 1 fully saturated rings. The van der Waals surface area contributed by atoms with Crippen LogP contribution in [0.5, 0.6) is 17.2 Å². The second kappa shape index (κ2) is 16.2. The van der Waals surface area contributed by atoms with Gasteiger partial charge in [0.05, 0.1) is 44.6 Å². The minimum absolute atomic E-state index is 0.238. The second-order valence-corrected chi connectivity index (χ2v) is 12.9. The van der Waals surface area contributed by atoms with Crippen LogP contribution in [0.15, 0.2) is 79.0 Å². The van der Waals surface area contributed by atoms with Gasteiger partial charge in [-0.3, -0.25) is 9.78 Å². The van der Waals surface area contributed by atoms with E-state index in [1.54, 1.807) is 36.3 Å². The number of methoxy groups -OCH3 is 3. The predicted octanol–water partition coefficient (Wildman–Crippen LogP) is 6.61. The molecule has 0 aliphatic carbocycles. The first-order chi connectivity index (χ1) is 24.8. The fourth-order valence-electron chi connectivity index (χ4n) is 6.79. The number of likely N-dealkylation sites (tertiary alicyclic amines) is 1. The molecule has 1 aliphatic rings. The van der Waals surface area contributed by atoms with E-state index in [9.17, 15) is 13.6 Å². The molecule has 6 rings (SSSR count). The van der Waals surface area contributed by atoms with Gasteiger partial charge in [-0.25, -0.2) is 13.8 Å². The highest BCUT2D eigenvalue weighted by molar-refractivity contribution is 5.95. The monoisotopic (exact) mass is 698 g/mol. The molecule has 1 aliphatic heterocycles. The van der Waals surface area contributed by atoms with E-state index >= 15 is 0 Å². The van der Waals surface area contributed by atoms with E-state index in [0.29, 0.717) is 47.9 Å². The van der Waals surface area contributed by atoms with Crippen molar-refractivity contribution in [3.05, 3.63) is 107 Å². The Hall–Kier alpha value is -5.23. The number of hydrogen-bond donors (Lipinski definition) is 1. The number of nitrogens with zero attached hydrogens (tertiary/aromatic N) is 5. The van der Waals surface area contributed by atoms with E-state index in [1.807, 2.05) is 36.4 Å². The number of carbonyl (C=O) groups is 1. The third kappa shape index (κ3) is 8.23. The number of fused-ring (bicyclic) bond motifs is 1. The summed E-state index contributed by atoms with van der Waals surface area (Å²) in [4.78, 5) is 27.1. The average Bonchev–Trinajstić information content (AvgIpc) is 3.50. The zero-order valence-electron chi connectivity index (χ0n) is 29.4. The highest BCUT2D eigenvalue weighted by Gasteiger charge is 2.26. The molecule has 10 nitrogen and oxygen atoms in total. The van der Waals surface area contributed by atoms with Crippen LogP contribution in [0, 0.1) is 11.6 Å². The van der Waals surface area contributed by atoms with Gasteiger partial charge in [0.2, 0.25) is 11.7 Å². The first-order valence-electron chi connectivity index (χ1n) is 17.1. The van der Waals surface area contributed by atoms with Gasteiger partial charge in [0.15, 0.2) is 23.1 Å². The number of halogens is 2. The maximum atomic E-state index is 14.5. The van der Waals surface area contributed by atoms with E-state index in [1.165, 1.54) is 27.4 Å². The number of pyridine rings is 1. The molecule has 1 atom stereocenters. The van der Waals surface area contributed by atoms with E-state index in [-0.39, 0.29) is 17.9 Å². The number of carbonyl (C=O) groups excluding carboxylic acids is 1. The van der Waals surface area contributed by atoms with Crippen LogP contribution >= 0.6 is 0 Å². The lowest BCUT2D eigenvalue weighted by Gasteiger charge is -2.34. The van der Waals surface area contributed by atoms with Crippen molar-refractivity contribution in [2.75, 3.05) is 59.9 Å². The molecule has 1 amide bonds. The molecule has 0 radical (unpaired) electrons. The summed E-state index contributed by atoms with van der Waals surface area (Å²) < 4.78 is 46.9. The number of nitrogens with one attached hydrogen (secondary N) is 1. The maximum absolute atomic E-state index is 14.5. The lowest BCUT2D eigenvalue weighted by molar-refractivity contribution is 0.0781. The normalized spacial score (nSPS) is 14.3. The van der Waals surface area contributed by atoms with Crippen molar-refractivity contribution in [3.63, 3.8) is 0 Å². The number of piperidine rings is 1. The molecule has 51 heavy (non-hydrogen) atoms. The van der Waals surface area contributed by atoms with Crippen LogP contribution in [0.4, 0.5) is 14.7 Å². The predicted molar refractivity (Wildman–Crippen MR) is 193 cm³/mol. The van der Waals surface area contributed by atoms with Crippen molar-refractivity contribution in [2.24, 2.45) is 0 Å². The van der Waals surface area contributed by atoms with Crippen LogP contribution in [0.3, 0.4) is 0 Å². The van der Waals surface area contributed by atoms with E-state index in [4.69, 9.17) is 19.2 Å². The summed E-state index contributed by atoms with van der Waals surface area (Å²) >= 11 is 0. The van der Waals surface area contributed by atoms with Crippen LogP contribution in [-0.2, 0) is 6.54 Å². The van der Waals surface area contributed by atoms with Crippen molar-refractivity contribution < 1.29 is 27.8 Å². The fourth-order valence-corrected chi connectivity index (χ4v) is 6.79. The van der Waals surface area contributed by atoms with Gasteiger partial charge in [-0.15, -0.1) is 0 Å². The number of hydrogen-bond acceptors (Lipinski definition) is 8. The number of ether oxygens (including phenoxy) is 3. The molecule has 268 valence electrons. The Labute approximate surface area is 297 Å². The summed E-state index contributed by atoms with van der Waals surface area (Å²) in [6, 6.07) is 21.5. The van der Waals surface area contributed by atoms with Gasteiger partial charge in [0.1, 0.15) is 0 Å².